The van der Waals surface area contributed by atoms with Crippen LogP contribution in [-0.2, 0) is 4.79 Å². The van der Waals surface area contributed by atoms with Crippen LogP contribution in [0.5, 0.6) is 0 Å². The smallest absolute Gasteiger partial charge is 0.224 e. The Morgan fingerprint density at radius 3 is 2.76 bits per heavy atom. The first-order valence-corrected chi connectivity index (χ1v) is 7.96. The molecule has 0 spiro atoms. The third-order valence-corrected chi connectivity index (χ3v) is 4.37. The lowest BCUT2D eigenvalue weighted by Gasteiger charge is -2.30. The molecule has 2 aliphatic heterocycles. The molecule has 4 nitrogen and oxygen atoms in total. The minimum absolute atomic E-state index is 0. The summed E-state index contributed by atoms with van der Waals surface area (Å²) in [5.41, 5.74) is 0. The SMILES string of the molecule is CC1CCCN(CCCCNC(=O)C2CCNC2)C1.Cl.Cl. The minimum atomic E-state index is 0. The van der Waals surface area contributed by atoms with Gasteiger partial charge < -0.3 is 15.5 Å². The van der Waals surface area contributed by atoms with Crippen molar-refractivity contribution in [2.24, 2.45) is 11.8 Å². The second kappa shape index (κ2) is 11.5. The van der Waals surface area contributed by atoms with Crippen molar-refractivity contribution in [1.82, 2.24) is 15.5 Å². The van der Waals surface area contributed by atoms with Gasteiger partial charge in [0.05, 0.1) is 5.92 Å². The van der Waals surface area contributed by atoms with Crippen LogP contribution >= 0.6 is 24.8 Å². The molecule has 2 saturated heterocycles. The molecule has 2 heterocycles. The quantitative estimate of drug-likeness (QED) is 0.728. The molecule has 0 aromatic rings. The maximum Gasteiger partial charge on any atom is 0.224 e. The number of rotatable bonds is 6. The lowest BCUT2D eigenvalue weighted by atomic mass is 10.0. The van der Waals surface area contributed by atoms with E-state index in [1.54, 1.807) is 0 Å². The molecule has 2 atom stereocenters. The Morgan fingerprint density at radius 1 is 1.29 bits per heavy atom. The molecule has 2 unspecified atom stereocenters. The van der Waals surface area contributed by atoms with E-state index >= 15 is 0 Å². The van der Waals surface area contributed by atoms with Gasteiger partial charge in [-0.25, -0.2) is 0 Å². The highest BCUT2D eigenvalue weighted by Gasteiger charge is 2.21. The van der Waals surface area contributed by atoms with Gasteiger partial charge in [0.15, 0.2) is 0 Å². The molecule has 2 aliphatic rings. The van der Waals surface area contributed by atoms with Gasteiger partial charge in [-0.2, -0.15) is 0 Å². The number of carbonyl (C=O) groups excluding carboxylic acids is 1. The summed E-state index contributed by atoms with van der Waals surface area (Å²) in [5, 5.41) is 6.31. The van der Waals surface area contributed by atoms with Gasteiger partial charge in [-0.1, -0.05) is 6.92 Å². The molecule has 1 amide bonds. The van der Waals surface area contributed by atoms with Gasteiger partial charge in [0, 0.05) is 19.6 Å². The van der Waals surface area contributed by atoms with Crippen molar-refractivity contribution < 1.29 is 4.79 Å². The van der Waals surface area contributed by atoms with Crippen molar-refractivity contribution in [3.8, 4) is 0 Å². The highest BCUT2D eigenvalue weighted by molar-refractivity contribution is 5.85. The molecule has 126 valence electrons. The molecule has 0 bridgehead atoms. The number of carbonyl (C=O) groups is 1. The number of unbranched alkanes of at least 4 members (excludes halogenated alkanes) is 1. The number of hydrogen-bond donors (Lipinski definition) is 2. The van der Waals surface area contributed by atoms with E-state index in [2.05, 4.69) is 22.5 Å². The van der Waals surface area contributed by atoms with Crippen LogP contribution in [0, 0.1) is 11.8 Å². The van der Waals surface area contributed by atoms with Crippen molar-refractivity contribution in [3.63, 3.8) is 0 Å². The first kappa shape index (κ1) is 21.0. The van der Waals surface area contributed by atoms with Gasteiger partial charge >= 0.3 is 0 Å². The number of halogens is 2. The fourth-order valence-corrected chi connectivity index (χ4v) is 3.18. The maximum atomic E-state index is 11.8. The molecule has 2 rings (SSSR count). The van der Waals surface area contributed by atoms with E-state index in [1.807, 2.05) is 0 Å². The molecule has 0 saturated carbocycles. The molecule has 0 radical (unpaired) electrons. The molecular weight excluding hydrogens is 309 g/mol. The number of amides is 1. The summed E-state index contributed by atoms with van der Waals surface area (Å²) >= 11 is 0. The van der Waals surface area contributed by atoms with Crippen LogP contribution in [0.1, 0.15) is 39.0 Å². The number of likely N-dealkylation sites (tertiary alicyclic amines) is 1. The Morgan fingerprint density at radius 2 is 2.10 bits per heavy atom. The summed E-state index contributed by atoms with van der Waals surface area (Å²) in [7, 11) is 0. The summed E-state index contributed by atoms with van der Waals surface area (Å²) in [4.78, 5) is 14.4. The van der Waals surface area contributed by atoms with Gasteiger partial charge in [-0.05, 0) is 57.7 Å². The standard InChI is InChI=1S/C15H29N3O.2ClH/c1-13-5-4-10-18(12-13)9-3-2-7-17-15(19)14-6-8-16-11-14;;/h13-14,16H,2-12H2,1H3,(H,17,19);2*1H. The molecule has 21 heavy (non-hydrogen) atoms. The highest BCUT2D eigenvalue weighted by atomic mass is 35.5. The predicted octanol–water partition coefficient (Wildman–Crippen LogP) is 2.07. The topological polar surface area (TPSA) is 44.4 Å². The lowest BCUT2D eigenvalue weighted by Crippen LogP contribution is -2.36. The second-order valence-electron chi connectivity index (χ2n) is 6.24. The predicted molar refractivity (Wildman–Crippen MR) is 92.6 cm³/mol. The van der Waals surface area contributed by atoms with E-state index < -0.39 is 0 Å². The monoisotopic (exact) mass is 339 g/mol. The Labute approximate surface area is 141 Å². The van der Waals surface area contributed by atoms with Crippen molar-refractivity contribution in [2.45, 2.75) is 39.0 Å². The second-order valence-corrected chi connectivity index (χ2v) is 6.24. The van der Waals surface area contributed by atoms with Gasteiger partial charge in [0.1, 0.15) is 0 Å². The van der Waals surface area contributed by atoms with E-state index in [1.165, 1.54) is 38.9 Å². The van der Waals surface area contributed by atoms with Crippen LogP contribution in [0.3, 0.4) is 0 Å². The van der Waals surface area contributed by atoms with Crippen molar-refractivity contribution in [2.75, 3.05) is 39.3 Å². The highest BCUT2D eigenvalue weighted by Crippen LogP contribution is 2.15. The summed E-state index contributed by atoms with van der Waals surface area (Å²) in [6.45, 7) is 8.78. The van der Waals surface area contributed by atoms with Gasteiger partial charge in [-0.3, -0.25) is 4.79 Å². The summed E-state index contributed by atoms with van der Waals surface area (Å²) in [6.07, 6.45) is 6.05. The minimum Gasteiger partial charge on any atom is -0.356 e. The summed E-state index contributed by atoms with van der Waals surface area (Å²) < 4.78 is 0. The summed E-state index contributed by atoms with van der Waals surface area (Å²) in [5.74, 6) is 1.32. The van der Waals surface area contributed by atoms with Crippen LogP contribution in [0.15, 0.2) is 0 Å². The normalized spacial score (nSPS) is 25.8. The molecule has 0 aromatic heterocycles. The Hall–Kier alpha value is -0.0300. The van der Waals surface area contributed by atoms with E-state index in [9.17, 15) is 4.79 Å². The zero-order valence-corrected chi connectivity index (χ0v) is 14.7. The van der Waals surface area contributed by atoms with Gasteiger partial charge in [0.25, 0.3) is 0 Å². The third-order valence-electron chi connectivity index (χ3n) is 4.37. The van der Waals surface area contributed by atoms with Crippen LogP contribution in [0.25, 0.3) is 0 Å². The zero-order valence-electron chi connectivity index (χ0n) is 13.1. The Balaban J connectivity index is 0.00000200. The largest absolute Gasteiger partial charge is 0.356 e. The number of nitrogens with zero attached hydrogens (tertiary/aromatic N) is 1. The third kappa shape index (κ3) is 7.68. The van der Waals surface area contributed by atoms with Crippen LogP contribution in [-0.4, -0.2) is 50.1 Å². The molecule has 0 aliphatic carbocycles. The first-order chi connectivity index (χ1) is 9.25. The maximum absolute atomic E-state index is 11.8. The average molecular weight is 340 g/mol. The van der Waals surface area contributed by atoms with E-state index in [0.29, 0.717) is 0 Å². The van der Waals surface area contributed by atoms with E-state index in [0.717, 1.165) is 38.4 Å². The fraction of sp³-hybridized carbons (Fsp3) is 0.933. The van der Waals surface area contributed by atoms with Crippen LogP contribution in [0.2, 0.25) is 0 Å². The molecule has 2 N–H and O–H groups in total. The number of hydrogen-bond acceptors (Lipinski definition) is 3. The lowest BCUT2D eigenvalue weighted by molar-refractivity contribution is -0.124. The average Bonchev–Trinajstić information content (AvgIpc) is 2.92. The fourth-order valence-electron chi connectivity index (χ4n) is 3.18. The Bertz CT molecular complexity index is 286. The van der Waals surface area contributed by atoms with E-state index in [-0.39, 0.29) is 36.6 Å². The molecule has 2 fully saturated rings. The number of piperidine rings is 1. The molecule has 0 aromatic carbocycles. The van der Waals surface area contributed by atoms with Crippen LogP contribution in [0.4, 0.5) is 0 Å². The first-order valence-electron chi connectivity index (χ1n) is 7.96. The van der Waals surface area contributed by atoms with Crippen molar-refractivity contribution in [1.29, 1.82) is 0 Å². The van der Waals surface area contributed by atoms with Crippen molar-refractivity contribution >= 4 is 30.7 Å². The molecule has 6 heteroatoms. The molecular formula is C15H31Cl2N3O. The van der Waals surface area contributed by atoms with Gasteiger partial charge in [0.2, 0.25) is 5.91 Å². The summed E-state index contributed by atoms with van der Waals surface area (Å²) in [6, 6.07) is 0. The van der Waals surface area contributed by atoms with Gasteiger partial charge in [-0.15, -0.1) is 24.8 Å². The zero-order chi connectivity index (χ0) is 13.5. The van der Waals surface area contributed by atoms with E-state index in [4.69, 9.17) is 0 Å². The Kier molecular flexibility index (Phi) is 11.5. The number of nitrogens with one attached hydrogen (secondary N) is 2. The van der Waals surface area contributed by atoms with Crippen LogP contribution < -0.4 is 10.6 Å². The van der Waals surface area contributed by atoms with Crippen molar-refractivity contribution in [3.05, 3.63) is 0 Å².